The lowest BCUT2D eigenvalue weighted by Crippen LogP contribution is -2.57. The van der Waals surface area contributed by atoms with E-state index in [0.29, 0.717) is 56.9 Å². The summed E-state index contributed by atoms with van der Waals surface area (Å²) in [4.78, 5) is 56.9. The van der Waals surface area contributed by atoms with Crippen molar-refractivity contribution in [3.8, 4) is 0 Å². The third-order valence-electron chi connectivity index (χ3n) is 12.3. The number of aliphatic hydroxyl groups is 5. The Labute approximate surface area is 325 Å². The number of rotatable bonds is 5. The van der Waals surface area contributed by atoms with Crippen LogP contribution in [0.3, 0.4) is 0 Å². The number of allylic oxidation sites excluding steroid dienone is 4. The van der Waals surface area contributed by atoms with Gasteiger partial charge in [0.1, 0.15) is 24.0 Å². The maximum absolute atomic E-state index is 14.1. The van der Waals surface area contributed by atoms with Crippen molar-refractivity contribution in [2.24, 2.45) is 29.6 Å². The Hall–Kier alpha value is -2.78. The molecule has 0 aromatic rings. The standard InChI is InChI=1S/C42H65NO12/c1-8-11-29-17-23(2)16-24(3)18-35(53-7)37(48)36-20-26(5)42(52,55-36)39(49)40(50)43-15-10-9-12-30(43)41(51)54-38(27(6)32(45)22-33(29)46)25(4)19-28-13-14-31(44)34(47)21-28/h8,17,19,24,26-32,34-38,44-45,47-48,52H,1,9-16,18,20-22H2,2-7H3/b23-17+,25-19+/t24?,26?,27-,28+,29-,30+,31?,32?,34?,35+,36?,37?,38-,42?/m1/s1. The molecule has 1 saturated carbocycles. The fourth-order valence-electron chi connectivity index (χ4n) is 8.96. The molecule has 4 aliphatic rings. The number of Topliss-reactive ketones (excluding diaryl/α,β-unsaturated/α-hetero) is 2. The lowest BCUT2D eigenvalue weighted by atomic mass is 9.82. The molecule has 2 saturated heterocycles. The van der Waals surface area contributed by atoms with Gasteiger partial charge in [0.05, 0.1) is 30.5 Å². The second kappa shape index (κ2) is 19.6. The number of carbonyl (C=O) groups excluding carboxylic acids is 4. The molecule has 3 heterocycles. The summed E-state index contributed by atoms with van der Waals surface area (Å²) < 4.78 is 17.7. The van der Waals surface area contributed by atoms with Crippen LogP contribution < -0.4 is 0 Å². The van der Waals surface area contributed by atoms with Gasteiger partial charge in [-0.15, -0.1) is 6.58 Å². The fraction of sp³-hybridized carbons (Fsp3) is 0.762. The van der Waals surface area contributed by atoms with E-state index in [1.165, 1.54) is 7.11 Å². The first-order valence-corrected chi connectivity index (χ1v) is 20.1. The molecule has 3 fully saturated rings. The van der Waals surface area contributed by atoms with E-state index in [0.717, 1.165) is 10.5 Å². The Morgan fingerprint density at radius 2 is 1.69 bits per heavy atom. The number of ether oxygens (including phenoxy) is 3. The van der Waals surface area contributed by atoms with Gasteiger partial charge in [0.2, 0.25) is 5.79 Å². The third kappa shape index (κ3) is 10.8. The highest BCUT2D eigenvalue weighted by Gasteiger charge is 2.57. The highest BCUT2D eigenvalue weighted by Crippen LogP contribution is 2.39. The van der Waals surface area contributed by atoms with Crippen LogP contribution in [0, 0.1) is 29.6 Å². The van der Waals surface area contributed by atoms with E-state index in [2.05, 4.69) is 6.58 Å². The van der Waals surface area contributed by atoms with Gasteiger partial charge in [0.15, 0.2) is 0 Å². The van der Waals surface area contributed by atoms with E-state index in [1.807, 2.05) is 26.0 Å². The molecule has 3 aliphatic heterocycles. The van der Waals surface area contributed by atoms with Crippen LogP contribution >= 0.6 is 0 Å². The molecule has 5 N–H and O–H groups in total. The summed E-state index contributed by atoms with van der Waals surface area (Å²) in [6, 6.07) is -1.18. The summed E-state index contributed by atoms with van der Waals surface area (Å²) >= 11 is 0. The number of piperidine rings is 1. The molecule has 0 aromatic carbocycles. The summed E-state index contributed by atoms with van der Waals surface area (Å²) in [7, 11) is 1.46. The van der Waals surface area contributed by atoms with E-state index >= 15 is 0 Å². The van der Waals surface area contributed by atoms with E-state index in [4.69, 9.17) is 14.2 Å². The monoisotopic (exact) mass is 775 g/mol. The molecule has 4 rings (SSSR count). The quantitative estimate of drug-likeness (QED) is 0.155. The Bertz CT molecular complexity index is 1440. The Morgan fingerprint density at radius 1 is 0.982 bits per heavy atom. The van der Waals surface area contributed by atoms with Crippen LogP contribution in [-0.2, 0) is 33.4 Å². The van der Waals surface area contributed by atoms with Gasteiger partial charge < -0.3 is 44.6 Å². The van der Waals surface area contributed by atoms with Crippen LogP contribution in [-0.4, -0.2) is 122 Å². The zero-order valence-electron chi connectivity index (χ0n) is 33.5. The average molecular weight is 776 g/mol. The summed E-state index contributed by atoms with van der Waals surface area (Å²) in [5.74, 6) is -8.26. The maximum Gasteiger partial charge on any atom is 0.329 e. The maximum atomic E-state index is 14.1. The van der Waals surface area contributed by atoms with Crippen molar-refractivity contribution in [1.82, 2.24) is 4.90 Å². The lowest BCUT2D eigenvalue weighted by Gasteiger charge is -2.37. The molecular weight excluding hydrogens is 710 g/mol. The number of esters is 1. The smallest absolute Gasteiger partial charge is 0.329 e. The van der Waals surface area contributed by atoms with Crippen molar-refractivity contribution in [3.63, 3.8) is 0 Å². The van der Waals surface area contributed by atoms with Crippen molar-refractivity contribution in [2.75, 3.05) is 13.7 Å². The summed E-state index contributed by atoms with van der Waals surface area (Å²) in [5, 5.41) is 55.1. The number of carbonyl (C=O) groups is 4. The minimum atomic E-state index is -2.54. The van der Waals surface area contributed by atoms with Crippen molar-refractivity contribution in [3.05, 3.63) is 36.0 Å². The molecular formula is C42H65NO12. The van der Waals surface area contributed by atoms with Crippen LogP contribution in [0.4, 0.5) is 0 Å². The Kier molecular flexibility index (Phi) is 16.0. The summed E-state index contributed by atoms with van der Waals surface area (Å²) in [6.07, 6.45) is 2.09. The number of fused-ring (bicyclic) bond motifs is 3. The number of ketones is 2. The van der Waals surface area contributed by atoms with Gasteiger partial charge in [-0.3, -0.25) is 14.4 Å². The zero-order valence-corrected chi connectivity index (χ0v) is 33.5. The first-order valence-electron chi connectivity index (χ1n) is 20.1. The molecule has 13 heteroatoms. The van der Waals surface area contributed by atoms with Crippen molar-refractivity contribution in [1.29, 1.82) is 0 Å². The highest BCUT2D eigenvalue weighted by atomic mass is 16.7. The van der Waals surface area contributed by atoms with Crippen LogP contribution in [0.1, 0.15) is 105 Å². The molecule has 14 atom stereocenters. The Balaban J connectivity index is 1.74. The number of hydrogen-bond donors (Lipinski definition) is 5. The van der Waals surface area contributed by atoms with Crippen molar-refractivity contribution in [2.45, 2.75) is 160 Å². The molecule has 2 bridgehead atoms. The third-order valence-corrected chi connectivity index (χ3v) is 12.3. The number of amides is 1. The predicted molar refractivity (Wildman–Crippen MR) is 203 cm³/mol. The molecule has 1 amide bonds. The van der Waals surface area contributed by atoms with Crippen molar-refractivity contribution >= 4 is 23.4 Å². The number of methoxy groups -OCH3 is 1. The number of cyclic esters (lactones) is 1. The molecule has 310 valence electrons. The topological polar surface area (TPSA) is 200 Å². The van der Waals surface area contributed by atoms with Gasteiger partial charge in [-0.25, -0.2) is 4.79 Å². The van der Waals surface area contributed by atoms with E-state index in [1.54, 1.807) is 26.8 Å². The van der Waals surface area contributed by atoms with E-state index in [-0.39, 0.29) is 43.4 Å². The SMILES string of the molecule is C=CC[C@@H]1/C=C(\C)CC(C)C[C@H](OC)C(O)C2CC(C)C(O)(O2)C(=O)C(=O)N2CCCC[C@H]2C(=O)O[C@H](/C(C)=C/[C@@H]2CCC(O)C(O)C2)[C@H](C)C(O)CC1=O. The van der Waals surface area contributed by atoms with Crippen LogP contribution in [0.25, 0.3) is 0 Å². The van der Waals surface area contributed by atoms with E-state index < -0.39 is 90.0 Å². The minimum absolute atomic E-state index is 0.0190. The predicted octanol–water partition coefficient (Wildman–Crippen LogP) is 3.33. The van der Waals surface area contributed by atoms with Gasteiger partial charge in [-0.05, 0) is 95.5 Å². The van der Waals surface area contributed by atoms with Crippen LogP contribution in [0.15, 0.2) is 36.0 Å². The zero-order chi connectivity index (χ0) is 40.8. The van der Waals surface area contributed by atoms with Gasteiger partial charge in [-0.2, -0.15) is 0 Å². The molecule has 13 nitrogen and oxygen atoms in total. The second-order valence-electron chi connectivity index (χ2n) is 16.9. The minimum Gasteiger partial charge on any atom is -0.456 e. The molecule has 0 radical (unpaired) electrons. The fourth-order valence-corrected chi connectivity index (χ4v) is 8.96. The highest BCUT2D eigenvalue weighted by molar-refractivity contribution is 6.39. The molecule has 0 aromatic heterocycles. The second-order valence-corrected chi connectivity index (χ2v) is 16.9. The summed E-state index contributed by atoms with van der Waals surface area (Å²) in [5.41, 5.74) is 1.50. The molecule has 0 spiro atoms. The molecule has 1 aliphatic carbocycles. The Morgan fingerprint density at radius 3 is 2.35 bits per heavy atom. The number of hydrogen-bond acceptors (Lipinski definition) is 12. The van der Waals surface area contributed by atoms with Crippen molar-refractivity contribution < 1.29 is 58.9 Å². The molecule has 55 heavy (non-hydrogen) atoms. The largest absolute Gasteiger partial charge is 0.456 e. The van der Waals surface area contributed by atoms with Crippen LogP contribution in [0.5, 0.6) is 0 Å². The first-order chi connectivity index (χ1) is 25.9. The van der Waals surface area contributed by atoms with Gasteiger partial charge in [0, 0.05) is 37.8 Å². The van der Waals surface area contributed by atoms with E-state index in [9.17, 15) is 44.7 Å². The normalized spacial score (nSPS) is 42.0. The summed E-state index contributed by atoms with van der Waals surface area (Å²) in [6.45, 7) is 12.8. The number of nitrogens with zero attached hydrogens (tertiary/aromatic N) is 1. The lowest BCUT2D eigenvalue weighted by molar-refractivity contribution is -0.225. The van der Waals surface area contributed by atoms with Gasteiger partial charge >= 0.3 is 5.97 Å². The average Bonchev–Trinajstić information content (AvgIpc) is 3.46. The van der Waals surface area contributed by atoms with Gasteiger partial charge in [-0.1, -0.05) is 44.6 Å². The molecule has 8 unspecified atom stereocenters. The van der Waals surface area contributed by atoms with Crippen LogP contribution in [0.2, 0.25) is 0 Å². The van der Waals surface area contributed by atoms with Gasteiger partial charge in [0.25, 0.3) is 11.7 Å². The first kappa shape index (κ1) is 44.9. The number of aliphatic hydroxyl groups excluding tert-OH is 4.